The lowest BCUT2D eigenvalue weighted by atomic mass is 9.96. The fourth-order valence-corrected chi connectivity index (χ4v) is 3.60. The molecule has 2 fully saturated rings. The van der Waals surface area contributed by atoms with E-state index in [0.717, 1.165) is 19.3 Å². The Hall–Kier alpha value is -1.30. The minimum atomic E-state index is -0.778. The molecule has 1 heterocycles. The summed E-state index contributed by atoms with van der Waals surface area (Å²) in [6.07, 6.45) is 5.64. The van der Waals surface area contributed by atoms with Gasteiger partial charge in [-0.1, -0.05) is 12.8 Å². The molecular weight excluding hydrogens is 270 g/mol. The number of aliphatic carboxylic acids is 1. The van der Waals surface area contributed by atoms with Crippen LogP contribution in [0.25, 0.3) is 0 Å². The fourth-order valence-electron chi connectivity index (χ4n) is 3.60. The van der Waals surface area contributed by atoms with Gasteiger partial charge in [-0.2, -0.15) is 0 Å². The van der Waals surface area contributed by atoms with Gasteiger partial charge in [-0.05, 0) is 39.3 Å². The number of nitrogens with one attached hydrogen (secondary N) is 1. The molecule has 0 bridgehead atoms. The van der Waals surface area contributed by atoms with Crippen LogP contribution in [-0.2, 0) is 4.79 Å². The average Bonchev–Trinajstić information content (AvgIpc) is 3.05. The maximum absolute atomic E-state index is 12.2. The van der Waals surface area contributed by atoms with Gasteiger partial charge in [0.05, 0.1) is 0 Å². The Labute approximate surface area is 126 Å². The minimum absolute atomic E-state index is 0.0454. The molecule has 6 heteroatoms. The Kier molecular flexibility index (Phi) is 5.08. The van der Waals surface area contributed by atoms with Crippen LogP contribution in [0, 0.1) is 5.92 Å². The third-order valence-electron chi connectivity index (χ3n) is 5.09. The van der Waals surface area contributed by atoms with Crippen molar-refractivity contribution in [3.05, 3.63) is 0 Å². The maximum atomic E-state index is 12.2. The molecule has 0 aromatic carbocycles. The zero-order valence-electron chi connectivity index (χ0n) is 13.1. The third kappa shape index (κ3) is 3.87. The quantitative estimate of drug-likeness (QED) is 0.804. The van der Waals surface area contributed by atoms with E-state index in [4.69, 9.17) is 5.11 Å². The lowest BCUT2D eigenvalue weighted by Gasteiger charge is -2.37. The second-order valence-electron chi connectivity index (χ2n) is 6.68. The molecule has 6 nitrogen and oxygen atoms in total. The third-order valence-corrected chi connectivity index (χ3v) is 5.09. The number of carbonyl (C=O) groups excluding carboxylic acids is 1. The Morgan fingerprint density at radius 1 is 1.33 bits per heavy atom. The first-order valence-electron chi connectivity index (χ1n) is 7.85. The number of likely N-dealkylation sites (N-methyl/N-ethyl adjacent to an activating group) is 1. The van der Waals surface area contributed by atoms with Crippen molar-refractivity contribution in [1.82, 2.24) is 15.1 Å². The second kappa shape index (κ2) is 6.64. The fraction of sp³-hybridized carbons (Fsp3) is 0.867. The zero-order valence-corrected chi connectivity index (χ0v) is 13.1. The number of amides is 2. The Morgan fingerprint density at radius 2 is 2.00 bits per heavy atom. The molecular formula is C15H27N3O3. The monoisotopic (exact) mass is 297 g/mol. The van der Waals surface area contributed by atoms with Gasteiger partial charge in [0.15, 0.2) is 0 Å². The number of hydrogen-bond acceptors (Lipinski definition) is 3. The number of hydrogen-bond donors (Lipinski definition) is 2. The molecule has 1 atom stereocenters. The molecule has 120 valence electrons. The van der Waals surface area contributed by atoms with E-state index in [1.165, 1.54) is 12.8 Å². The summed E-state index contributed by atoms with van der Waals surface area (Å²) < 4.78 is 0. The van der Waals surface area contributed by atoms with Crippen LogP contribution < -0.4 is 5.32 Å². The summed E-state index contributed by atoms with van der Waals surface area (Å²) in [6, 6.07) is -0.0454. The van der Waals surface area contributed by atoms with E-state index in [1.807, 2.05) is 0 Å². The molecule has 1 unspecified atom stereocenters. The van der Waals surface area contributed by atoms with E-state index in [0.29, 0.717) is 19.6 Å². The summed E-state index contributed by atoms with van der Waals surface area (Å²) in [4.78, 5) is 27.0. The Morgan fingerprint density at radius 3 is 2.57 bits per heavy atom. The molecule has 2 aliphatic rings. The predicted octanol–water partition coefficient (Wildman–Crippen LogP) is 1.37. The maximum Gasteiger partial charge on any atom is 0.317 e. The number of rotatable bonds is 5. The molecule has 21 heavy (non-hydrogen) atoms. The summed E-state index contributed by atoms with van der Waals surface area (Å²) in [5, 5.41) is 11.9. The largest absolute Gasteiger partial charge is 0.481 e. The molecule has 2 rings (SSSR count). The highest BCUT2D eigenvalue weighted by atomic mass is 16.4. The van der Waals surface area contributed by atoms with Crippen LogP contribution in [0.15, 0.2) is 0 Å². The number of nitrogens with zero attached hydrogens (tertiary/aromatic N) is 2. The smallest absolute Gasteiger partial charge is 0.317 e. The molecule has 1 saturated heterocycles. The number of urea groups is 1. The highest BCUT2D eigenvalue weighted by Gasteiger charge is 2.37. The Balaban J connectivity index is 1.81. The van der Waals surface area contributed by atoms with Crippen molar-refractivity contribution < 1.29 is 14.7 Å². The molecule has 1 saturated carbocycles. The van der Waals surface area contributed by atoms with Gasteiger partial charge in [0.25, 0.3) is 0 Å². The van der Waals surface area contributed by atoms with Gasteiger partial charge < -0.3 is 20.2 Å². The van der Waals surface area contributed by atoms with Gasteiger partial charge in [0.1, 0.15) is 0 Å². The summed E-state index contributed by atoms with van der Waals surface area (Å²) in [6.45, 7) is 1.91. The van der Waals surface area contributed by atoms with Gasteiger partial charge in [-0.25, -0.2) is 4.79 Å². The molecule has 1 aliphatic heterocycles. The lowest BCUT2D eigenvalue weighted by Crippen LogP contribution is -2.52. The molecule has 0 spiro atoms. The van der Waals surface area contributed by atoms with Gasteiger partial charge in [0, 0.05) is 31.6 Å². The van der Waals surface area contributed by atoms with Gasteiger partial charge in [-0.3, -0.25) is 4.79 Å². The van der Waals surface area contributed by atoms with Gasteiger partial charge >= 0.3 is 12.0 Å². The van der Waals surface area contributed by atoms with E-state index in [2.05, 4.69) is 24.3 Å². The molecule has 0 aromatic heterocycles. The van der Waals surface area contributed by atoms with Crippen molar-refractivity contribution in [3.63, 3.8) is 0 Å². The first kappa shape index (κ1) is 16.1. The van der Waals surface area contributed by atoms with Crippen LogP contribution in [-0.4, -0.2) is 66.2 Å². The molecule has 2 N–H and O–H groups in total. The summed E-state index contributed by atoms with van der Waals surface area (Å²) in [5.41, 5.74) is 0.0931. The first-order chi connectivity index (χ1) is 9.93. The predicted molar refractivity (Wildman–Crippen MR) is 80.2 cm³/mol. The van der Waals surface area contributed by atoms with Crippen molar-refractivity contribution in [2.75, 3.05) is 33.7 Å². The van der Waals surface area contributed by atoms with Crippen LogP contribution >= 0.6 is 0 Å². The van der Waals surface area contributed by atoms with Crippen LogP contribution in [0.3, 0.4) is 0 Å². The number of carboxylic acid groups (broad SMARTS) is 1. The minimum Gasteiger partial charge on any atom is -0.481 e. The van der Waals surface area contributed by atoms with Crippen molar-refractivity contribution in [2.45, 2.75) is 44.1 Å². The van der Waals surface area contributed by atoms with Gasteiger partial charge in [0.2, 0.25) is 0 Å². The molecule has 1 aliphatic carbocycles. The lowest BCUT2D eigenvalue weighted by molar-refractivity contribution is -0.138. The SMILES string of the molecule is CN(C)C1(CNC(=O)N2CCC(CC(=O)O)C2)CCCC1. The van der Waals surface area contributed by atoms with Crippen molar-refractivity contribution in [3.8, 4) is 0 Å². The van der Waals surface area contributed by atoms with Crippen LogP contribution in [0.2, 0.25) is 0 Å². The Bertz CT molecular complexity index is 392. The number of likely N-dealkylation sites (tertiary alicyclic amines) is 1. The highest BCUT2D eigenvalue weighted by molar-refractivity contribution is 5.75. The average molecular weight is 297 g/mol. The number of carbonyl (C=O) groups is 2. The highest BCUT2D eigenvalue weighted by Crippen LogP contribution is 2.33. The summed E-state index contributed by atoms with van der Waals surface area (Å²) in [7, 11) is 4.16. The summed E-state index contributed by atoms with van der Waals surface area (Å²) in [5.74, 6) is -0.678. The normalized spacial score (nSPS) is 24.5. The topological polar surface area (TPSA) is 72.9 Å². The van der Waals surface area contributed by atoms with Crippen molar-refractivity contribution >= 4 is 12.0 Å². The zero-order chi connectivity index (χ0) is 15.5. The molecule has 2 amide bonds. The van der Waals surface area contributed by atoms with Crippen molar-refractivity contribution in [2.24, 2.45) is 5.92 Å². The molecule has 0 aromatic rings. The van der Waals surface area contributed by atoms with Crippen LogP contribution in [0.5, 0.6) is 0 Å². The van der Waals surface area contributed by atoms with E-state index in [-0.39, 0.29) is 23.9 Å². The van der Waals surface area contributed by atoms with E-state index in [1.54, 1.807) is 4.90 Å². The first-order valence-corrected chi connectivity index (χ1v) is 7.85. The van der Waals surface area contributed by atoms with Crippen LogP contribution in [0.1, 0.15) is 38.5 Å². The van der Waals surface area contributed by atoms with Crippen LogP contribution in [0.4, 0.5) is 4.79 Å². The standard InChI is InChI=1S/C15H27N3O3/c1-17(2)15(6-3-4-7-15)11-16-14(21)18-8-5-12(10-18)9-13(19)20/h12H,3-11H2,1-2H3,(H,16,21)(H,19,20). The molecule has 0 radical (unpaired) electrons. The van der Waals surface area contributed by atoms with E-state index < -0.39 is 5.97 Å². The van der Waals surface area contributed by atoms with E-state index in [9.17, 15) is 9.59 Å². The second-order valence-corrected chi connectivity index (χ2v) is 6.68. The summed E-state index contributed by atoms with van der Waals surface area (Å²) >= 11 is 0. The van der Waals surface area contributed by atoms with Crippen molar-refractivity contribution in [1.29, 1.82) is 0 Å². The van der Waals surface area contributed by atoms with Gasteiger partial charge in [-0.15, -0.1) is 0 Å². The van der Waals surface area contributed by atoms with E-state index >= 15 is 0 Å². The number of carboxylic acids is 1.